The molecule has 5 rings (SSSR count). The molecule has 3 N–H and O–H groups in total. The van der Waals surface area contributed by atoms with Crippen LogP contribution in [0.5, 0.6) is 17.2 Å². The third kappa shape index (κ3) is 6.19. The van der Waals surface area contributed by atoms with Gasteiger partial charge in [-0.1, -0.05) is 26.7 Å². The van der Waals surface area contributed by atoms with Crippen LogP contribution in [-0.4, -0.2) is 41.0 Å². The Bertz CT molecular complexity index is 1470. The molecule has 9 nitrogen and oxygen atoms in total. The van der Waals surface area contributed by atoms with Crippen LogP contribution in [0, 0.1) is 12.8 Å². The van der Waals surface area contributed by atoms with Crippen LogP contribution in [0.2, 0.25) is 0 Å². The Kier molecular flexibility index (Phi) is 8.05. The molecule has 1 atom stereocenters. The van der Waals surface area contributed by atoms with E-state index >= 15 is 0 Å². The van der Waals surface area contributed by atoms with Crippen molar-refractivity contribution in [2.45, 2.75) is 40.0 Å². The van der Waals surface area contributed by atoms with Crippen molar-refractivity contribution in [1.29, 1.82) is 0 Å². The first-order chi connectivity index (χ1) is 19.0. The monoisotopic (exact) mass is 525 g/mol. The Balaban J connectivity index is 1.41. The normalized spacial score (nSPS) is 15.2. The minimum atomic E-state index is 0.446. The molecule has 4 aromatic rings. The van der Waals surface area contributed by atoms with E-state index in [0.29, 0.717) is 24.1 Å². The molecule has 3 heterocycles. The van der Waals surface area contributed by atoms with Crippen LogP contribution < -0.4 is 25.4 Å². The molecule has 39 heavy (non-hydrogen) atoms. The number of aliphatic imine (C=N–C) groups is 1. The molecule has 0 fully saturated rings. The maximum atomic E-state index is 6.21. The summed E-state index contributed by atoms with van der Waals surface area (Å²) in [4.78, 5) is 19.8. The number of hydrogen-bond acceptors (Lipinski definition) is 8. The first-order valence-electron chi connectivity index (χ1n) is 13.5. The molecule has 0 bridgehead atoms. The molecule has 0 radical (unpaired) electrons. The fourth-order valence-electron chi connectivity index (χ4n) is 4.77. The predicted molar refractivity (Wildman–Crippen MR) is 157 cm³/mol. The van der Waals surface area contributed by atoms with E-state index in [2.05, 4.69) is 50.1 Å². The molecule has 1 aliphatic rings. The van der Waals surface area contributed by atoms with E-state index < -0.39 is 0 Å². The first-order valence-corrected chi connectivity index (χ1v) is 13.5. The number of nitrogens with one attached hydrogen (secondary N) is 1. The molecule has 0 amide bonds. The van der Waals surface area contributed by atoms with Gasteiger partial charge in [0.15, 0.2) is 5.82 Å². The second kappa shape index (κ2) is 12.0. The zero-order valence-corrected chi connectivity index (χ0v) is 22.7. The summed E-state index contributed by atoms with van der Waals surface area (Å²) in [6, 6.07) is 13.7. The van der Waals surface area contributed by atoms with Gasteiger partial charge in [0, 0.05) is 48.4 Å². The summed E-state index contributed by atoms with van der Waals surface area (Å²) in [6.45, 7) is 9.16. The van der Waals surface area contributed by atoms with Crippen molar-refractivity contribution >= 4 is 40.3 Å². The Morgan fingerprint density at radius 1 is 1.15 bits per heavy atom. The van der Waals surface area contributed by atoms with Gasteiger partial charge in [-0.3, -0.25) is 0 Å². The van der Waals surface area contributed by atoms with Crippen LogP contribution in [0.3, 0.4) is 0 Å². The number of pyridine rings is 1. The van der Waals surface area contributed by atoms with Crippen molar-refractivity contribution < 1.29 is 9.47 Å². The maximum Gasteiger partial charge on any atom is 0.157 e. The van der Waals surface area contributed by atoms with E-state index in [9.17, 15) is 0 Å². The number of nitrogens with zero attached hydrogens (tertiary/aromatic N) is 5. The number of anilines is 3. The number of nitrogens with two attached hydrogens (primary N) is 1. The number of hydrogen-bond donors (Lipinski definition) is 2. The standard InChI is InChI=1S/C30H35N7O2/c1-4-5-6-11-37-16-20(2)17-38-28-15-25-24(14-26(28)37)30(35-19-34-25)36-22-7-8-27(21(3)12-22)39-23-9-10-32-29(13-23)33-18-31/h7-10,12-15,18-20H,4-6,11,16-17H2,1-3H3,(H2,31,32,33)(H,34,35,36). The minimum absolute atomic E-state index is 0.446. The second-order valence-electron chi connectivity index (χ2n) is 9.96. The van der Waals surface area contributed by atoms with Crippen molar-refractivity contribution in [2.75, 3.05) is 29.9 Å². The van der Waals surface area contributed by atoms with Crippen LogP contribution in [0.4, 0.5) is 23.0 Å². The molecular weight excluding hydrogens is 490 g/mol. The molecule has 1 aliphatic heterocycles. The van der Waals surface area contributed by atoms with Crippen molar-refractivity contribution in [3.05, 3.63) is 60.6 Å². The van der Waals surface area contributed by atoms with E-state index in [0.717, 1.165) is 64.7 Å². The Morgan fingerprint density at radius 3 is 2.87 bits per heavy atom. The highest BCUT2D eigenvalue weighted by molar-refractivity contribution is 5.95. The van der Waals surface area contributed by atoms with E-state index in [4.69, 9.17) is 15.2 Å². The van der Waals surface area contributed by atoms with E-state index in [1.165, 1.54) is 19.2 Å². The van der Waals surface area contributed by atoms with Gasteiger partial charge in [-0.05, 0) is 49.2 Å². The predicted octanol–water partition coefficient (Wildman–Crippen LogP) is 6.51. The molecule has 2 aromatic carbocycles. The fourth-order valence-corrected chi connectivity index (χ4v) is 4.77. The van der Waals surface area contributed by atoms with Gasteiger partial charge in [0.25, 0.3) is 0 Å². The molecule has 0 aliphatic carbocycles. The fraction of sp³-hybridized carbons (Fsp3) is 0.333. The highest BCUT2D eigenvalue weighted by Gasteiger charge is 2.22. The van der Waals surface area contributed by atoms with Crippen molar-refractivity contribution in [3.63, 3.8) is 0 Å². The van der Waals surface area contributed by atoms with Crippen LogP contribution in [0.25, 0.3) is 10.9 Å². The summed E-state index contributed by atoms with van der Waals surface area (Å²) in [6.07, 6.45) is 8.01. The van der Waals surface area contributed by atoms with Gasteiger partial charge in [-0.25, -0.2) is 19.9 Å². The number of rotatable bonds is 9. The van der Waals surface area contributed by atoms with Crippen LogP contribution >= 0.6 is 0 Å². The van der Waals surface area contributed by atoms with E-state index in [1.807, 2.05) is 31.2 Å². The van der Waals surface area contributed by atoms with Gasteiger partial charge >= 0.3 is 0 Å². The molecule has 0 saturated carbocycles. The molecule has 0 spiro atoms. The van der Waals surface area contributed by atoms with E-state index in [1.54, 1.807) is 24.7 Å². The molecular formula is C30H35N7O2. The zero-order chi connectivity index (χ0) is 27.2. The van der Waals surface area contributed by atoms with Crippen molar-refractivity contribution in [3.8, 4) is 17.2 Å². The van der Waals surface area contributed by atoms with Gasteiger partial charge in [0.1, 0.15) is 29.4 Å². The summed E-state index contributed by atoms with van der Waals surface area (Å²) in [5.74, 6) is 3.95. The zero-order valence-electron chi connectivity index (χ0n) is 22.7. The highest BCUT2D eigenvalue weighted by Crippen LogP contribution is 2.38. The molecule has 1 unspecified atom stereocenters. The number of unbranched alkanes of at least 4 members (excludes halogenated alkanes) is 2. The summed E-state index contributed by atoms with van der Waals surface area (Å²) >= 11 is 0. The topological polar surface area (TPSA) is 111 Å². The summed E-state index contributed by atoms with van der Waals surface area (Å²) in [5, 5.41) is 4.45. The Morgan fingerprint density at radius 2 is 2.05 bits per heavy atom. The third-order valence-corrected chi connectivity index (χ3v) is 6.73. The smallest absolute Gasteiger partial charge is 0.157 e. The number of aromatic nitrogens is 3. The van der Waals surface area contributed by atoms with Crippen LogP contribution in [0.1, 0.15) is 38.7 Å². The van der Waals surface area contributed by atoms with Crippen LogP contribution in [0.15, 0.2) is 60.0 Å². The first kappa shape index (κ1) is 26.2. The lowest BCUT2D eigenvalue weighted by molar-refractivity contribution is 0.273. The average molecular weight is 526 g/mol. The Hall–Kier alpha value is -4.40. The van der Waals surface area contributed by atoms with Crippen molar-refractivity contribution in [1.82, 2.24) is 15.0 Å². The largest absolute Gasteiger partial charge is 0.491 e. The van der Waals surface area contributed by atoms with E-state index in [-0.39, 0.29) is 0 Å². The number of fused-ring (bicyclic) bond motifs is 2. The van der Waals surface area contributed by atoms with Gasteiger partial charge in [0.2, 0.25) is 0 Å². The average Bonchev–Trinajstić information content (AvgIpc) is 3.08. The molecule has 202 valence electrons. The van der Waals surface area contributed by atoms with Gasteiger partial charge < -0.3 is 25.4 Å². The second-order valence-corrected chi connectivity index (χ2v) is 9.96. The van der Waals surface area contributed by atoms with Gasteiger partial charge in [-0.2, -0.15) is 0 Å². The summed E-state index contributed by atoms with van der Waals surface area (Å²) < 4.78 is 12.3. The third-order valence-electron chi connectivity index (χ3n) is 6.73. The lowest BCUT2D eigenvalue weighted by Gasteiger charge is -2.26. The molecule has 0 saturated heterocycles. The number of ether oxygens (including phenoxy) is 2. The van der Waals surface area contributed by atoms with Crippen LogP contribution in [-0.2, 0) is 0 Å². The molecule has 2 aromatic heterocycles. The molecule has 9 heteroatoms. The quantitative estimate of drug-likeness (QED) is 0.144. The highest BCUT2D eigenvalue weighted by atomic mass is 16.5. The summed E-state index contributed by atoms with van der Waals surface area (Å²) in [5.41, 5.74) is 9.21. The van der Waals surface area contributed by atoms with Gasteiger partial charge in [-0.15, -0.1) is 0 Å². The van der Waals surface area contributed by atoms with Crippen molar-refractivity contribution in [2.24, 2.45) is 16.6 Å². The Labute approximate surface area is 229 Å². The number of aryl methyl sites for hydroxylation is 1. The summed E-state index contributed by atoms with van der Waals surface area (Å²) in [7, 11) is 0. The lowest BCUT2D eigenvalue weighted by Crippen LogP contribution is -2.29. The lowest BCUT2D eigenvalue weighted by atomic mass is 10.1. The minimum Gasteiger partial charge on any atom is -0.491 e. The maximum absolute atomic E-state index is 6.21. The SMILES string of the molecule is CCCCCN1CC(C)COc2cc3ncnc(Nc4ccc(Oc5ccnc(N=CN)c5)c(C)c4)c3cc21. The number of benzene rings is 2. The van der Waals surface area contributed by atoms with Gasteiger partial charge in [0.05, 0.1) is 24.1 Å².